The highest BCUT2D eigenvalue weighted by atomic mass is 16.5. The number of ether oxygens (including phenoxy) is 1. The van der Waals surface area contributed by atoms with Crippen molar-refractivity contribution >= 4 is 6.08 Å². The molecule has 0 aromatic heterocycles. The van der Waals surface area contributed by atoms with Gasteiger partial charge in [0.25, 0.3) is 0 Å². The molecule has 1 aliphatic carbocycles. The van der Waals surface area contributed by atoms with Crippen molar-refractivity contribution in [2.24, 2.45) is 11.8 Å². The lowest BCUT2D eigenvalue weighted by Gasteiger charge is -2.40. The molecule has 2 aliphatic rings. The van der Waals surface area contributed by atoms with E-state index in [1.54, 1.807) is 7.11 Å². The summed E-state index contributed by atoms with van der Waals surface area (Å²) in [5.41, 5.74) is 1.24. The van der Waals surface area contributed by atoms with E-state index in [9.17, 15) is 0 Å². The first-order valence-electron chi connectivity index (χ1n) is 8.36. The van der Waals surface area contributed by atoms with E-state index < -0.39 is 0 Å². The van der Waals surface area contributed by atoms with Crippen molar-refractivity contribution in [3.8, 4) is 5.75 Å². The largest absolute Gasteiger partial charge is 0.497 e. The number of rotatable bonds is 5. The lowest BCUT2D eigenvalue weighted by molar-refractivity contribution is 0.0831. The molecule has 2 bridgehead atoms. The second kappa shape index (κ2) is 6.84. The molecule has 0 amide bonds. The summed E-state index contributed by atoms with van der Waals surface area (Å²) in [6.07, 6.45) is 7.34. The minimum atomic E-state index is 0.807. The van der Waals surface area contributed by atoms with Gasteiger partial charge in [0, 0.05) is 25.7 Å². The van der Waals surface area contributed by atoms with Crippen LogP contribution in [0.15, 0.2) is 30.3 Å². The Morgan fingerprint density at radius 2 is 1.77 bits per heavy atom. The Hall–Kier alpha value is -1.32. The number of nitrogens with zero attached hydrogens (tertiary/aromatic N) is 2. The Bertz CT molecular complexity index is 495. The van der Waals surface area contributed by atoms with Gasteiger partial charge in [0.2, 0.25) is 0 Å². The van der Waals surface area contributed by atoms with Gasteiger partial charge in [-0.05, 0) is 56.5 Å². The van der Waals surface area contributed by atoms with Gasteiger partial charge < -0.3 is 9.64 Å². The molecule has 0 N–H and O–H groups in total. The molecule has 1 aromatic rings. The van der Waals surface area contributed by atoms with Crippen LogP contribution >= 0.6 is 0 Å². The van der Waals surface area contributed by atoms with Crippen LogP contribution in [0.2, 0.25) is 0 Å². The van der Waals surface area contributed by atoms with Crippen LogP contribution in [0.3, 0.4) is 0 Å². The monoisotopic (exact) mass is 300 g/mol. The Kier molecular flexibility index (Phi) is 4.84. The summed E-state index contributed by atoms with van der Waals surface area (Å²) >= 11 is 0. The second-order valence-corrected chi connectivity index (χ2v) is 6.95. The van der Waals surface area contributed by atoms with Crippen molar-refractivity contribution in [2.75, 3.05) is 40.8 Å². The van der Waals surface area contributed by atoms with Gasteiger partial charge in [-0.25, -0.2) is 0 Å². The van der Waals surface area contributed by atoms with Crippen LogP contribution in [0.25, 0.3) is 6.08 Å². The third kappa shape index (κ3) is 3.36. The standard InChI is InChI=1S/C19H28N2O/c1-20(2)19-16-8-9-17(19)14-21(13-16)12-4-5-15-6-10-18(22-3)11-7-15/h4-7,10-11,16-17,19H,8-9,12-14H2,1-3H3/b5-4+/t16-,17+,19?. The van der Waals surface area contributed by atoms with Crippen molar-refractivity contribution in [1.29, 1.82) is 0 Å². The lowest BCUT2D eigenvalue weighted by Crippen LogP contribution is -2.50. The zero-order chi connectivity index (χ0) is 15.5. The van der Waals surface area contributed by atoms with E-state index in [0.29, 0.717) is 0 Å². The molecule has 1 aromatic carbocycles. The summed E-state index contributed by atoms with van der Waals surface area (Å²) in [4.78, 5) is 5.08. The number of benzene rings is 1. The third-order valence-electron chi connectivity index (χ3n) is 5.25. The van der Waals surface area contributed by atoms with E-state index in [-0.39, 0.29) is 0 Å². The highest BCUT2D eigenvalue weighted by Gasteiger charge is 2.42. The van der Waals surface area contributed by atoms with E-state index in [0.717, 1.165) is 30.2 Å². The molecule has 1 saturated carbocycles. The molecule has 0 radical (unpaired) electrons. The number of hydrogen-bond acceptors (Lipinski definition) is 3. The Morgan fingerprint density at radius 1 is 1.14 bits per heavy atom. The number of piperidine rings is 1. The van der Waals surface area contributed by atoms with E-state index in [1.807, 2.05) is 12.1 Å². The molecule has 2 fully saturated rings. The molecule has 22 heavy (non-hydrogen) atoms. The quantitative estimate of drug-likeness (QED) is 0.831. The fourth-order valence-electron chi connectivity index (χ4n) is 4.34. The highest BCUT2D eigenvalue weighted by Crippen LogP contribution is 2.39. The lowest BCUT2D eigenvalue weighted by atomic mass is 9.91. The third-order valence-corrected chi connectivity index (χ3v) is 5.25. The maximum absolute atomic E-state index is 5.19. The van der Waals surface area contributed by atoms with Crippen molar-refractivity contribution < 1.29 is 4.74 Å². The topological polar surface area (TPSA) is 15.7 Å². The molecule has 0 spiro atoms. The van der Waals surface area contributed by atoms with Crippen molar-refractivity contribution in [3.05, 3.63) is 35.9 Å². The Balaban J connectivity index is 1.53. The average molecular weight is 300 g/mol. The molecule has 3 heteroatoms. The van der Waals surface area contributed by atoms with Crippen LogP contribution in [0.4, 0.5) is 0 Å². The second-order valence-electron chi connectivity index (χ2n) is 6.95. The van der Waals surface area contributed by atoms with Gasteiger partial charge in [0.15, 0.2) is 0 Å². The molecule has 3 rings (SSSR count). The van der Waals surface area contributed by atoms with Gasteiger partial charge in [-0.2, -0.15) is 0 Å². The maximum Gasteiger partial charge on any atom is 0.118 e. The summed E-state index contributed by atoms with van der Waals surface area (Å²) in [7, 11) is 6.20. The summed E-state index contributed by atoms with van der Waals surface area (Å²) in [6.45, 7) is 3.58. The van der Waals surface area contributed by atoms with Crippen molar-refractivity contribution in [1.82, 2.24) is 9.80 Å². The van der Waals surface area contributed by atoms with E-state index >= 15 is 0 Å². The molecule has 3 nitrogen and oxygen atoms in total. The van der Waals surface area contributed by atoms with Crippen LogP contribution < -0.4 is 4.74 Å². The normalized spacial score (nSPS) is 28.6. The molecule has 1 saturated heterocycles. The summed E-state index contributed by atoms with van der Waals surface area (Å²) in [6, 6.07) is 9.06. The van der Waals surface area contributed by atoms with Crippen LogP contribution in [0, 0.1) is 11.8 Å². The van der Waals surface area contributed by atoms with Crippen LogP contribution in [0.5, 0.6) is 5.75 Å². The predicted molar refractivity (Wildman–Crippen MR) is 92.2 cm³/mol. The fourth-order valence-corrected chi connectivity index (χ4v) is 4.34. The maximum atomic E-state index is 5.19. The molecule has 120 valence electrons. The van der Waals surface area contributed by atoms with Gasteiger partial charge in [0.1, 0.15) is 5.75 Å². The Labute approximate surface area is 134 Å². The summed E-state index contributed by atoms with van der Waals surface area (Å²) in [5.74, 6) is 2.64. The minimum absolute atomic E-state index is 0.807. The summed E-state index contributed by atoms with van der Waals surface area (Å²) in [5, 5.41) is 0. The van der Waals surface area contributed by atoms with Gasteiger partial charge >= 0.3 is 0 Å². The molecular formula is C19H28N2O. The van der Waals surface area contributed by atoms with Crippen LogP contribution in [-0.2, 0) is 0 Å². The number of hydrogen-bond donors (Lipinski definition) is 0. The first kappa shape index (κ1) is 15.6. The van der Waals surface area contributed by atoms with Gasteiger partial charge in [-0.1, -0.05) is 24.3 Å². The zero-order valence-electron chi connectivity index (χ0n) is 14.0. The molecule has 3 atom stereocenters. The molecule has 1 aliphatic heterocycles. The van der Waals surface area contributed by atoms with Gasteiger partial charge in [-0.3, -0.25) is 4.90 Å². The van der Waals surface area contributed by atoms with Gasteiger partial charge in [0.05, 0.1) is 7.11 Å². The van der Waals surface area contributed by atoms with Crippen LogP contribution in [0.1, 0.15) is 18.4 Å². The summed E-state index contributed by atoms with van der Waals surface area (Å²) < 4.78 is 5.19. The van der Waals surface area contributed by atoms with E-state index in [4.69, 9.17) is 4.74 Å². The van der Waals surface area contributed by atoms with Crippen molar-refractivity contribution in [3.63, 3.8) is 0 Å². The number of methoxy groups -OCH3 is 1. The predicted octanol–water partition coefficient (Wildman–Crippen LogP) is 2.98. The molecule has 1 heterocycles. The number of fused-ring (bicyclic) bond motifs is 2. The van der Waals surface area contributed by atoms with Crippen molar-refractivity contribution in [2.45, 2.75) is 18.9 Å². The van der Waals surface area contributed by atoms with E-state index in [2.05, 4.69) is 48.2 Å². The Morgan fingerprint density at radius 3 is 2.32 bits per heavy atom. The SMILES string of the molecule is COc1ccc(/C=C/CN2C[C@H]3CC[C@@H](C2)C3N(C)C)cc1. The first-order chi connectivity index (χ1) is 10.7. The number of likely N-dealkylation sites (tertiary alicyclic amines) is 1. The highest BCUT2D eigenvalue weighted by molar-refractivity contribution is 5.50. The first-order valence-corrected chi connectivity index (χ1v) is 8.36. The fraction of sp³-hybridized carbons (Fsp3) is 0.579. The molecule has 1 unspecified atom stereocenters. The van der Waals surface area contributed by atoms with Crippen LogP contribution in [-0.4, -0.2) is 56.7 Å². The minimum Gasteiger partial charge on any atom is -0.497 e. The van der Waals surface area contributed by atoms with E-state index in [1.165, 1.54) is 31.5 Å². The zero-order valence-corrected chi connectivity index (χ0v) is 14.0. The smallest absolute Gasteiger partial charge is 0.118 e. The molecular weight excluding hydrogens is 272 g/mol. The van der Waals surface area contributed by atoms with Gasteiger partial charge in [-0.15, -0.1) is 0 Å². The average Bonchev–Trinajstić information content (AvgIpc) is 2.80.